The normalized spacial score (nSPS) is 25.0. The number of hydrogen-bond acceptors (Lipinski definition) is 7. The number of ether oxygens (including phenoxy) is 2. The Morgan fingerprint density at radius 2 is 1.93 bits per heavy atom. The number of carbonyl (C=O) groups excluding carboxylic acids is 2. The fraction of sp³-hybridized carbons (Fsp3) is 0.500. The standard InChI is InChI=1S/C22H29N3O5/c23-18(11-14-4-2-1-3-5-14)22(28)29-13-17-8-7-16(30-17)10-15-6-9-19(26)20(21(24)27)25-12-15/h1-5,12,15-18,26H,6-11,13,23H2,(H2,24,27)/t15?,16-,17+,18+/m1/s1. The van der Waals surface area contributed by atoms with E-state index in [2.05, 4.69) is 4.99 Å². The first-order chi connectivity index (χ1) is 14.4. The van der Waals surface area contributed by atoms with Crippen molar-refractivity contribution in [2.75, 3.05) is 6.61 Å². The fourth-order valence-electron chi connectivity index (χ4n) is 3.80. The van der Waals surface area contributed by atoms with Crippen molar-refractivity contribution in [2.24, 2.45) is 22.4 Å². The van der Waals surface area contributed by atoms with Crippen LogP contribution < -0.4 is 11.5 Å². The van der Waals surface area contributed by atoms with Gasteiger partial charge in [0.1, 0.15) is 18.4 Å². The van der Waals surface area contributed by atoms with Gasteiger partial charge in [0.2, 0.25) is 0 Å². The monoisotopic (exact) mass is 415 g/mol. The number of nitrogens with two attached hydrogens (primary N) is 2. The number of allylic oxidation sites excluding steroid dienone is 1. The molecular weight excluding hydrogens is 386 g/mol. The molecule has 2 aliphatic rings. The molecule has 5 N–H and O–H groups in total. The van der Waals surface area contributed by atoms with Crippen molar-refractivity contribution in [3.8, 4) is 0 Å². The van der Waals surface area contributed by atoms with E-state index in [4.69, 9.17) is 20.9 Å². The van der Waals surface area contributed by atoms with Crippen LogP contribution in [0.15, 0.2) is 46.8 Å². The third kappa shape index (κ3) is 6.14. The molecule has 0 aromatic heterocycles. The second kappa shape index (κ2) is 10.4. The predicted octanol–water partition coefficient (Wildman–Crippen LogP) is 1.77. The van der Waals surface area contributed by atoms with Crippen molar-refractivity contribution in [3.63, 3.8) is 0 Å². The van der Waals surface area contributed by atoms with E-state index in [9.17, 15) is 14.7 Å². The van der Waals surface area contributed by atoms with E-state index in [0.717, 1.165) is 24.8 Å². The topological polar surface area (TPSA) is 137 Å². The molecule has 0 aliphatic carbocycles. The van der Waals surface area contributed by atoms with Crippen molar-refractivity contribution in [1.82, 2.24) is 0 Å². The first-order valence-corrected chi connectivity index (χ1v) is 10.3. The number of hydrogen-bond donors (Lipinski definition) is 3. The van der Waals surface area contributed by atoms with Gasteiger partial charge in [-0.3, -0.25) is 14.6 Å². The number of primary amides is 1. The van der Waals surface area contributed by atoms with E-state index in [1.807, 2.05) is 30.3 Å². The van der Waals surface area contributed by atoms with Gasteiger partial charge in [0.15, 0.2) is 5.70 Å². The van der Waals surface area contributed by atoms with E-state index < -0.39 is 17.9 Å². The van der Waals surface area contributed by atoms with Gasteiger partial charge in [-0.05, 0) is 43.6 Å². The molecule has 4 atom stereocenters. The fourth-order valence-corrected chi connectivity index (χ4v) is 3.80. The summed E-state index contributed by atoms with van der Waals surface area (Å²) in [5.41, 5.74) is 12.1. The third-order valence-electron chi connectivity index (χ3n) is 5.45. The van der Waals surface area contributed by atoms with E-state index in [1.54, 1.807) is 6.21 Å². The lowest BCUT2D eigenvalue weighted by atomic mass is 9.96. The quantitative estimate of drug-likeness (QED) is 0.553. The average Bonchev–Trinajstić information content (AvgIpc) is 3.09. The molecule has 8 nitrogen and oxygen atoms in total. The van der Waals surface area contributed by atoms with E-state index in [1.165, 1.54) is 0 Å². The van der Waals surface area contributed by atoms with Gasteiger partial charge < -0.3 is 26.0 Å². The summed E-state index contributed by atoms with van der Waals surface area (Å²) in [6.07, 6.45) is 5.36. The molecular formula is C22H29N3O5. The Hall–Kier alpha value is -2.71. The molecule has 8 heteroatoms. The summed E-state index contributed by atoms with van der Waals surface area (Å²) in [5.74, 6) is -1.14. The lowest BCUT2D eigenvalue weighted by Crippen LogP contribution is -2.36. The van der Waals surface area contributed by atoms with Gasteiger partial charge in [-0.1, -0.05) is 30.3 Å². The van der Waals surface area contributed by atoms with Gasteiger partial charge in [0.25, 0.3) is 5.91 Å². The lowest BCUT2D eigenvalue weighted by molar-refractivity contribution is -0.149. The number of esters is 1. The number of amides is 1. The number of benzene rings is 1. The highest BCUT2D eigenvalue weighted by atomic mass is 16.6. The predicted molar refractivity (Wildman–Crippen MR) is 112 cm³/mol. The lowest BCUT2D eigenvalue weighted by Gasteiger charge is -2.18. The first kappa shape index (κ1) is 22.0. The Labute approximate surface area is 175 Å². The van der Waals surface area contributed by atoms with Crippen LogP contribution in [0.1, 0.15) is 37.7 Å². The Bertz CT molecular complexity index is 808. The van der Waals surface area contributed by atoms with Crippen molar-refractivity contribution in [2.45, 2.75) is 56.8 Å². The van der Waals surface area contributed by atoms with Crippen LogP contribution in [0.5, 0.6) is 0 Å². The van der Waals surface area contributed by atoms with Crippen LogP contribution in [-0.4, -0.2) is 48.1 Å². The zero-order valence-corrected chi connectivity index (χ0v) is 16.9. The molecule has 1 unspecified atom stereocenters. The van der Waals surface area contributed by atoms with Crippen LogP contribution in [0.3, 0.4) is 0 Å². The number of nitrogens with zero attached hydrogens (tertiary/aromatic N) is 1. The molecule has 1 saturated heterocycles. The summed E-state index contributed by atoms with van der Waals surface area (Å²) in [6, 6.07) is 8.88. The largest absolute Gasteiger partial charge is 0.510 e. The van der Waals surface area contributed by atoms with Gasteiger partial charge in [0, 0.05) is 12.6 Å². The molecule has 1 aromatic rings. The number of carbonyl (C=O) groups is 2. The smallest absolute Gasteiger partial charge is 0.323 e. The van der Waals surface area contributed by atoms with Gasteiger partial charge in [-0.15, -0.1) is 0 Å². The molecule has 162 valence electrons. The summed E-state index contributed by atoms with van der Waals surface area (Å²) in [5, 5.41) is 9.87. The molecule has 1 amide bonds. The van der Waals surface area contributed by atoms with Crippen LogP contribution in [-0.2, 0) is 25.5 Å². The van der Waals surface area contributed by atoms with Gasteiger partial charge in [-0.25, -0.2) is 0 Å². The third-order valence-corrected chi connectivity index (χ3v) is 5.45. The summed E-state index contributed by atoms with van der Waals surface area (Å²) in [6.45, 7) is 0.185. The minimum Gasteiger partial charge on any atom is -0.510 e. The van der Waals surface area contributed by atoms with Crippen LogP contribution in [0.25, 0.3) is 0 Å². The minimum absolute atomic E-state index is 0.0143. The van der Waals surface area contributed by atoms with Crippen molar-refractivity contribution >= 4 is 18.1 Å². The molecule has 3 rings (SSSR count). The molecule has 0 radical (unpaired) electrons. The second-order valence-electron chi connectivity index (χ2n) is 7.86. The average molecular weight is 415 g/mol. The molecule has 1 aromatic carbocycles. The zero-order valence-electron chi connectivity index (χ0n) is 16.9. The number of aliphatic hydroxyl groups excluding tert-OH is 1. The van der Waals surface area contributed by atoms with Crippen molar-refractivity contribution < 1.29 is 24.2 Å². The highest BCUT2D eigenvalue weighted by molar-refractivity contribution is 5.93. The maximum atomic E-state index is 12.2. The first-order valence-electron chi connectivity index (χ1n) is 10.3. The van der Waals surface area contributed by atoms with Gasteiger partial charge in [-0.2, -0.15) is 0 Å². The molecule has 2 aliphatic heterocycles. The van der Waals surface area contributed by atoms with Gasteiger partial charge >= 0.3 is 5.97 Å². The highest BCUT2D eigenvalue weighted by Gasteiger charge is 2.29. The Morgan fingerprint density at radius 1 is 1.20 bits per heavy atom. The summed E-state index contributed by atoms with van der Waals surface area (Å²) in [4.78, 5) is 27.5. The Balaban J connectivity index is 1.40. The number of aliphatic hydroxyl groups is 1. The summed E-state index contributed by atoms with van der Waals surface area (Å²) in [7, 11) is 0. The zero-order chi connectivity index (χ0) is 21.5. The van der Waals surface area contributed by atoms with Crippen LogP contribution in [0.4, 0.5) is 0 Å². The molecule has 0 bridgehead atoms. The van der Waals surface area contributed by atoms with Crippen LogP contribution >= 0.6 is 0 Å². The SMILES string of the molecule is NC(=O)C1=C(O)CCC(C[C@H]2CC[C@@H](COC(=O)[C@@H](N)Cc3ccccc3)O2)C=N1. The molecule has 2 heterocycles. The van der Waals surface area contributed by atoms with E-state index >= 15 is 0 Å². The maximum absolute atomic E-state index is 12.2. The van der Waals surface area contributed by atoms with Crippen molar-refractivity contribution in [3.05, 3.63) is 47.4 Å². The summed E-state index contributed by atoms with van der Waals surface area (Å²) >= 11 is 0. The molecule has 1 fully saturated rings. The number of aliphatic imine (C=N–C) groups is 1. The minimum atomic E-state index is -0.728. The maximum Gasteiger partial charge on any atom is 0.323 e. The molecule has 30 heavy (non-hydrogen) atoms. The number of rotatable bonds is 8. The Kier molecular flexibility index (Phi) is 7.59. The highest BCUT2D eigenvalue weighted by Crippen LogP contribution is 2.28. The van der Waals surface area contributed by atoms with Crippen LogP contribution in [0.2, 0.25) is 0 Å². The Morgan fingerprint density at radius 3 is 2.67 bits per heavy atom. The molecule has 0 saturated carbocycles. The van der Waals surface area contributed by atoms with E-state index in [0.29, 0.717) is 19.3 Å². The molecule has 0 spiro atoms. The van der Waals surface area contributed by atoms with Crippen LogP contribution in [0, 0.1) is 5.92 Å². The van der Waals surface area contributed by atoms with E-state index in [-0.39, 0.29) is 36.2 Å². The van der Waals surface area contributed by atoms with Crippen molar-refractivity contribution in [1.29, 1.82) is 0 Å². The summed E-state index contributed by atoms with van der Waals surface area (Å²) < 4.78 is 11.4. The van der Waals surface area contributed by atoms with Gasteiger partial charge in [0.05, 0.1) is 12.2 Å². The second-order valence-corrected chi connectivity index (χ2v) is 7.86.